The Balaban J connectivity index is 0.736. The Morgan fingerprint density at radius 3 is 2.33 bits per heavy atom. The molecule has 0 saturated carbocycles. The lowest BCUT2D eigenvalue weighted by atomic mass is 9.96. The number of nitrogens with zero attached hydrogens (tertiary/aromatic N) is 7. The van der Waals surface area contributed by atoms with Crippen molar-refractivity contribution in [3.8, 4) is 5.75 Å². The number of hydrogen-bond donors (Lipinski definition) is 3. The van der Waals surface area contributed by atoms with Crippen LogP contribution in [0.1, 0.15) is 41.6 Å². The lowest BCUT2D eigenvalue weighted by Gasteiger charge is -2.46. The molecule has 1 aromatic heterocycles. The number of benzene rings is 3. The molecule has 6 heterocycles. The third-order valence-electron chi connectivity index (χ3n) is 13.0. The fourth-order valence-electron chi connectivity index (χ4n) is 9.45. The summed E-state index contributed by atoms with van der Waals surface area (Å²) in [6, 6.07) is 19.1. The topological polar surface area (TPSA) is 173 Å². The largest absolute Gasteiger partial charge is 0.494 e. The minimum Gasteiger partial charge on any atom is -0.494 e. The van der Waals surface area contributed by atoms with Gasteiger partial charge >= 0.3 is 0 Å². The van der Waals surface area contributed by atoms with Crippen molar-refractivity contribution >= 4 is 82.2 Å². The highest BCUT2D eigenvalue weighted by Crippen LogP contribution is 2.40. The van der Waals surface area contributed by atoms with Crippen LogP contribution in [0.2, 0.25) is 5.02 Å². The van der Waals surface area contributed by atoms with E-state index >= 15 is 0 Å². The van der Waals surface area contributed by atoms with E-state index in [9.17, 15) is 23.7 Å². The van der Waals surface area contributed by atoms with Gasteiger partial charge in [-0.3, -0.25) is 29.4 Å². The zero-order valence-corrected chi connectivity index (χ0v) is 37.3. The molecule has 1 atom stereocenters. The van der Waals surface area contributed by atoms with Crippen LogP contribution in [-0.4, -0.2) is 133 Å². The lowest BCUT2D eigenvalue weighted by Crippen LogP contribution is -2.59. The molecular weight excluding hydrogens is 843 g/mol. The number of piperidine rings is 2. The molecule has 18 heteroatoms. The van der Waals surface area contributed by atoms with Gasteiger partial charge in [0.05, 0.1) is 30.6 Å². The van der Waals surface area contributed by atoms with E-state index in [1.54, 1.807) is 25.3 Å². The number of para-hydroxylation sites is 1. The second-order valence-electron chi connectivity index (χ2n) is 17.3. The summed E-state index contributed by atoms with van der Waals surface area (Å²) in [6.07, 6.45) is 4.12. The summed E-state index contributed by atoms with van der Waals surface area (Å²) >= 11 is 6.48. The molecule has 4 amide bonds. The van der Waals surface area contributed by atoms with Crippen LogP contribution in [0.15, 0.2) is 66.9 Å². The lowest BCUT2D eigenvalue weighted by molar-refractivity contribution is -0.139. The van der Waals surface area contributed by atoms with E-state index < -0.39 is 19.1 Å². The van der Waals surface area contributed by atoms with Crippen LogP contribution in [-0.2, 0) is 25.5 Å². The molecule has 0 bridgehead atoms. The molecule has 3 N–H and O–H groups in total. The number of amides is 4. The van der Waals surface area contributed by atoms with Crippen LogP contribution in [0.25, 0.3) is 0 Å². The van der Waals surface area contributed by atoms with Crippen molar-refractivity contribution < 1.29 is 28.5 Å². The van der Waals surface area contributed by atoms with Crippen LogP contribution in [0.3, 0.4) is 0 Å². The van der Waals surface area contributed by atoms with Crippen molar-refractivity contribution in [1.29, 1.82) is 0 Å². The zero-order valence-electron chi connectivity index (χ0n) is 35.7. The van der Waals surface area contributed by atoms with Crippen LogP contribution in [0.5, 0.6) is 5.75 Å². The maximum absolute atomic E-state index is 13.6. The number of piperazine rings is 1. The molecule has 0 aliphatic carbocycles. The molecule has 0 radical (unpaired) electrons. The third-order valence-corrected chi connectivity index (χ3v) is 14.8. The Kier molecular flexibility index (Phi) is 11.8. The summed E-state index contributed by atoms with van der Waals surface area (Å²) in [7, 11) is -0.917. The van der Waals surface area contributed by atoms with Crippen molar-refractivity contribution in [2.75, 3.05) is 93.2 Å². The highest BCUT2D eigenvalue weighted by Gasteiger charge is 2.41. The maximum Gasteiger partial charge on any atom is 0.255 e. The number of anilines is 6. The Hall–Kier alpha value is -5.70. The quantitative estimate of drug-likeness (QED) is 0.138. The molecule has 5 aliphatic heterocycles. The number of nitrogens with one attached hydrogen (secondary N) is 3. The minimum atomic E-state index is -2.56. The number of carbonyl (C=O) groups excluding carboxylic acids is 4. The summed E-state index contributed by atoms with van der Waals surface area (Å²) in [4.78, 5) is 70.5. The van der Waals surface area contributed by atoms with Crippen LogP contribution < -0.4 is 35.8 Å². The number of imide groups is 1. The normalized spacial score (nSPS) is 20.1. The van der Waals surface area contributed by atoms with E-state index in [-0.39, 0.29) is 30.1 Å². The predicted molar refractivity (Wildman–Crippen MR) is 244 cm³/mol. The van der Waals surface area contributed by atoms with Gasteiger partial charge < -0.3 is 39.5 Å². The fourth-order valence-corrected chi connectivity index (χ4v) is 10.7. The van der Waals surface area contributed by atoms with Gasteiger partial charge in [-0.15, -0.1) is 0 Å². The second kappa shape index (κ2) is 17.5. The van der Waals surface area contributed by atoms with E-state index in [0.717, 1.165) is 69.0 Å². The highest BCUT2D eigenvalue weighted by atomic mass is 35.5. The van der Waals surface area contributed by atoms with Crippen LogP contribution in [0, 0.1) is 5.92 Å². The van der Waals surface area contributed by atoms with Crippen LogP contribution >= 0.6 is 18.7 Å². The first-order valence-electron chi connectivity index (χ1n) is 21.5. The number of ether oxygens (including phenoxy) is 1. The predicted octanol–water partition coefficient (Wildman–Crippen LogP) is 4.88. The summed E-state index contributed by atoms with van der Waals surface area (Å²) in [5, 5.41) is 9.91. The van der Waals surface area contributed by atoms with Gasteiger partial charge in [0.1, 0.15) is 24.0 Å². The van der Waals surface area contributed by atoms with E-state index in [1.165, 1.54) is 6.20 Å². The first kappa shape index (κ1) is 42.6. The molecule has 1 unspecified atom stereocenters. The third kappa shape index (κ3) is 8.81. The molecule has 4 aromatic rings. The Morgan fingerprint density at radius 1 is 0.873 bits per heavy atom. The summed E-state index contributed by atoms with van der Waals surface area (Å²) in [5.74, 6) is 0.621. The first-order valence-corrected chi connectivity index (χ1v) is 24.5. The van der Waals surface area contributed by atoms with Crippen molar-refractivity contribution in [2.45, 2.75) is 44.3 Å². The zero-order chi connectivity index (χ0) is 44.0. The number of hydrogen-bond acceptors (Lipinski definition) is 13. The SMILES string of the molecule is COc1cc(N2CCC(N3CCN(C(=O)C4CN(c5ccc6c(c5)CN(C5CCC(=O)NC5=O)C6=O)C4)CC3)CC2)ccc1Nc1ncc(Cl)c(Nc2ccccc2P(C)(C)=O)n1. The van der Waals surface area contributed by atoms with Gasteiger partial charge in [0.25, 0.3) is 5.91 Å². The number of rotatable bonds is 11. The number of carbonyl (C=O) groups is 4. The smallest absolute Gasteiger partial charge is 0.255 e. The Labute approximate surface area is 371 Å². The molecule has 3 aromatic carbocycles. The van der Waals surface area contributed by atoms with Gasteiger partial charge in [-0.1, -0.05) is 23.7 Å². The summed E-state index contributed by atoms with van der Waals surface area (Å²) in [5.41, 5.74) is 4.88. The molecule has 330 valence electrons. The summed E-state index contributed by atoms with van der Waals surface area (Å²) in [6.45, 7) is 10.0. The molecule has 16 nitrogen and oxygen atoms in total. The van der Waals surface area contributed by atoms with Gasteiger partial charge in [0, 0.05) is 99.7 Å². The van der Waals surface area contributed by atoms with Gasteiger partial charge in [-0.05, 0) is 80.6 Å². The number of halogens is 1. The standard InChI is InChI=1S/C45H52ClN10O6P/c1-62-38-23-32(9-11-35(38)49-45-47-24-34(46)41(51-45)48-36-6-4-5-7-39(36)63(2,3)61)52-16-14-30(15-17-52)53-18-20-54(21-19-53)43(59)29-25-55(26-29)31-8-10-33-28(22-31)27-56(44(33)60)37-12-13-40(57)50-42(37)58/h4-11,22-24,29-30,37H,12-21,25-27H2,1-3H3,(H,50,57,58)(H2,47,48,49,51). The average molecular weight is 895 g/mol. The molecular formula is C45H52ClN10O6P. The molecule has 9 rings (SSSR count). The van der Waals surface area contributed by atoms with Gasteiger partial charge in [-0.25, -0.2) is 4.98 Å². The Morgan fingerprint density at radius 2 is 1.60 bits per heavy atom. The maximum atomic E-state index is 13.6. The van der Waals surface area contributed by atoms with Gasteiger partial charge in [0.2, 0.25) is 23.7 Å². The van der Waals surface area contributed by atoms with E-state index in [1.807, 2.05) is 59.5 Å². The van der Waals surface area contributed by atoms with Crippen molar-refractivity contribution in [1.82, 2.24) is 30.0 Å². The van der Waals surface area contributed by atoms with Gasteiger partial charge in [0.15, 0.2) is 5.82 Å². The first-order chi connectivity index (χ1) is 30.3. The van der Waals surface area contributed by atoms with Gasteiger partial charge in [-0.2, -0.15) is 4.98 Å². The van der Waals surface area contributed by atoms with Crippen molar-refractivity contribution in [2.24, 2.45) is 5.92 Å². The second-order valence-corrected chi connectivity index (χ2v) is 20.9. The van der Waals surface area contributed by atoms with E-state index in [4.69, 9.17) is 16.3 Å². The van der Waals surface area contributed by atoms with Crippen LogP contribution in [0.4, 0.5) is 34.5 Å². The average Bonchev–Trinajstić information content (AvgIpc) is 3.59. The molecule has 5 aliphatic rings. The van der Waals surface area contributed by atoms with E-state index in [0.29, 0.717) is 76.9 Å². The van der Waals surface area contributed by atoms with E-state index in [2.05, 4.69) is 46.7 Å². The monoisotopic (exact) mass is 894 g/mol. The highest BCUT2D eigenvalue weighted by molar-refractivity contribution is 7.70. The summed E-state index contributed by atoms with van der Waals surface area (Å²) < 4.78 is 18.7. The fraction of sp³-hybridized carbons (Fsp3) is 0.422. The number of methoxy groups -OCH3 is 1. The molecule has 4 fully saturated rings. The number of fused-ring (bicyclic) bond motifs is 1. The molecule has 4 saturated heterocycles. The Bertz CT molecular complexity index is 2500. The number of aromatic nitrogens is 2. The van der Waals surface area contributed by atoms with Crippen molar-refractivity contribution in [3.05, 3.63) is 83.0 Å². The van der Waals surface area contributed by atoms with Crippen molar-refractivity contribution in [3.63, 3.8) is 0 Å². The minimum absolute atomic E-state index is 0.0613. The molecule has 63 heavy (non-hydrogen) atoms. The molecule has 0 spiro atoms.